The van der Waals surface area contributed by atoms with E-state index in [-0.39, 0.29) is 17.3 Å². The van der Waals surface area contributed by atoms with Gasteiger partial charge in [-0.3, -0.25) is 9.10 Å². The number of hydrogen-bond acceptors (Lipinski definition) is 3. The van der Waals surface area contributed by atoms with Crippen LogP contribution >= 0.6 is 15.9 Å². The molecule has 2 aromatic rings. The minimum atomic E-state index is -3.87. The molecule has 140 valence electrons. The Morgan fingerprint density at radius 1 is 1.08 bits per heavy atom. The van der Waals surface area contributed by atoms with Crippen LogP contribution in [0.2, 0.25) is 0 Å². The van der Waals surface area contributed by atoms with E-state index in [1.165, 1.54) is 12.1 Å². The van der Waals surface area contributed by atoms with E-state index in [0.717, 1.165) is 15.2 Å². The van der Waals surface area contributed by atoms with Crippen LogP contribution in [0.3, 0.4) is 0 Å². The molecule has 2 aromatic carbocycles. The van der Waals surface area contributed by atoms with Gasteiger partial charge in [0.1, 0.15) is 6.54 Å². The summed E-state index contributed by atoms with van der Waals surface area (Å²) in [6, 6.07) is 14.9. The number of sulfonamides is 1. The van der Waals surface area contributed by atoms with Crippen molar-refractivity contribution in [2.45, 2.75) is 37.6 Å². The Morgan fingerprint density at radius 2 is 1.65 bits per heavy atom. The fourth-order valence-corrected chi connectivity index (χ4v) is 3.98. The largest absolute Gasteiger partial charge is 0.350 e. The lowest BCUT2D eigenvalue weighted by atomic mass is 10.0. The van der Waals surface area contributed by atoms with Gasteiger partial charge in [-0.05, 0) is 56.7 Å². The molecule has 5 nitrogen and oxygen atoms in total. The van der Waals surface area contributed by atoms with Gasteiger partial charge in [-0.2, -0.15) is 0 Å². The number of amides is 1. The second-order valence-corrected chi connectivity index (χ2v) is 9.36. The molecule has 7 heteroatoms. The lowest BCUT2D eigenvalue weighted by Crippen LogP contribution is -2.48. The van der Waals surface area contributed by atoms with Crippen LogP contribution < -0.4 is 9.62 Å². The average Bonchev–Trinajstić information content (AvgIpc) is 2.61. The molecule has 1 amide bonds. The minimum absolute atomic E-state index is 0.144. The van der Waals surface area contributed by atoms with Crippen LogP contribution in [0.15, 0.2) is 64.0 Å². The van der Waals surface area contributed by atoms with Gasteiger partial charge in [0.2, 0.25) is 5.91 Å². The second-order valence-electron chi connectivity index (χ2n) is 6.59. The Labute approximate surface area is 163 Å². The van der Waals surface area contributed by atoms with E-state index in [0.29, 0.717) is 5.69 Å². The molecule has 0 radical (unpaired) electrons. The fraction of sp³-hybridized carbons (Fsp3) is 0.316. The van der Waals surface area contributed by atoms with Crippen molar-refractivity contribution in [1.82, 2.24) is 5.32 Å². The predicted octanol–water partition coefficient (Wildman–Crippen LogP) is 3.95. The van der Waals surface area contributed by atoms with Crippen molar-refractivity contribution in [3.8, 4) is 0 Å². The topological polar surface area (TPSA) is 66.5 Å². The van der Waals surface area contributed by atoms with Crippen LogP contribution in [0.1, 0.15) is 27.2 Å². The molecule has 26 heavy (non-hydrogen) atoms. The summed E-state index contributed by atoms with van der Waals surface area (Å²) < 4.78 is 28.2. The maximum absolute atomic E-state index is 13.1. The zero-order chi connectivity index (χ0) is 19.4. The molecule has 0 aliphatic carbocycles. The normalized spacial score (nSPS) is 11.8. The molecule has 0 aliphatic heterocycles. The van der Waals surface area contributed by atoms with Gasteiger partial charge < -0.3 is 5.32 Å². The van der Waals surface area contributed by atoms with Crippen molar-refractivity contribution in [2.75, 3.05) is 10.8 Å². The highest BCUT2D eigenvalue weighted by Gasteiger charge is 2.28. The van der Waals surface area contributed by atoms with E-state index in [4.69, 9.17) is 0 Å². The van der Waals surface area contributed by atoms with Crippen LogP contribution in [-0.4, -0.2) is 26.4 Å². The molecule has 0 atom stereocenters. The highest BCUT2D eigenvalue weighted by atomic mass is 79.9. The number of carbonyl (C=O) groups excluding carboxylic acids is 1. The Hall–Kier alpha value is -1.86. The van der Waals surface area contributed by atoms with E-state index < -0.39 is 15.6 Å². The van der Waals surface area contributed by atoms with Crippen LogP contribution in [0.5, 0.6) is 0 Å². The predicted molar refractivity (Wildman–Crippen MR) is 108 cm³/mol. The van der Waals surface area contributed by atoms with Gasteiger partial charge in [-0.25, -0.2) is 8.42 Å². The molecule has 0 aliphatic rings. The Bertz CT molecular complexity index is 850. The van der Waals surface area contributed by atoms with Gasteiger partial charge in [-0.15, -0.1) is 0 Å². The molecule has 2 rings (SSSR count). The van der Waals surface area contributed by atoms with E-state index in [1.54, 1.807) is 42.5 Å². The smallest absolute Gasteiger partial charge is 0.264 e. The van der Waals surface area contributed by atoms with Gasteiger partial charge in [0, 0.05) is 10.0 Å². The van der Waals surface area contributed by atoms with Crippen molar-refractivity contribution < 1.29 is 13.2 Å². The first kappa shape index (κ1) is 20.5. The Kier molecular flexibility index (Phi) is 6.47. The monoisotopic (exact) mass is 438 g/mol. The third-order valence-corrected chi connectivity index (χ3v) is 6.41. The van der Waals surface area contributed by atoms with Gasteiger partial charge in [0.05, 0.1) is 10.6 Å². The molecular weight excluding hydrogens is 416 g/mol. The number of benzene rings is 2. The highest BCUT2D eigenvalue weighted by Crippen LogP contribution is 2.25. The molecule has 0 aromatic heterocycles. The summed E-state index contributed by atoms with van der Waals surface area (Å²) in [5, 5.41) is 2.89. The van der Waals surface area contributed by atoms with Crippen LogP contribution in [0.4, 0.5) is 5.69 Å². The highest BCUT2D eigenvalue weighted by molar-refractivity contribution is 9.10. The summed E-state index contributed by atoms with van der Waals surface area (Å²) in [6.07, 6.45) is 0.739. The SMILES string of the molecule is CCC(C)(C)NC(=O)CN(c1ccc(Br)cc1)S(=O)(=O)c1ccccc1. The second kappa shape index (κ2) is 8.22. The van der Waals surface area contributed by atoms with E-state index in [2.05, 4.69) is 21.2 Å². The van der Waals surface area contributed by atoms with Crippen molar-refractivity contribution in [2.24, 2.45) is 0 Å². The molecule has 0 saturated heterocycles. The molecule has 0 unspecified atom stereocenters. The third kappa shape index (κ3) is 5.08. The Morgan fingerprint density at radius 3 is 2.19 bits per heavy atom. The van der Waals surface area contributed by atoms with Crippen LogP contribution in [-0.2, 0) is 14.8 Å². The summed E-state index contributed by atoms with van der Waals surface area (Å²) in [7, 11) is -3.87. The summed E-state index contributed by atoms with van der Waals surface area (Å²) in [5.74, 6) is -0.348. The van der Waals surface area contributed by atoms with Crippen molar-refractivity contribution in [3.63, 3.8) is 0 Å². The molecule has 0 heterocycles. The van der Waals surface area contributed by atoms with E-state index in [1.807, 2.05) is 20.8 Å². The number of nitrogens with one attached hydrogen (secondary N) is 1. The summed E-state index contributed by atoms with van der Waals surface area (Å²) >= 11 is 3.34. The maximum atomic E-state index is 13.1. The first-order chi connectivity index (χ1) is 12.2. The number of rotatable bonds is 7. The summed E-state index contributed by atoms with van der Waals surface area (Å²) in [4.78, 5) is 12.7. The number of halogens is 1. The lowest BCUT2D eigenvalue weighted by Gasteiger charge is -2.28. The van der Waals surface area contributed by atoms with E-state index in [9.17, 15) is 13.2 Å². The zero-order valence-corrected chi connectivity index (χ0v) is 17.5. The molecule has 1 N–H and O–H groups in total. The van der Waals surface area contributed by atoms with Crippen molar-refractivity contribution in [3.05, 3.63) is 59.1 Å². The van der Waals surface area contributed by atoms with Crippen LogP contribution in [0.25, 0.3) is 0 Å². The van der Waals surface area contributed by atoms with Gasteiger partial charge in [0.15, 0.2) is 0 Å². The minimum Gasteiger partial charge on any atom is -0.350 e. The van der Waals surface area contributed by atoms with Gasteiger partial charge >= 0.3 is 0 Å². The van der Waals surface area contributed by atoms with Gasteiger partial charge in [-0.1, -0.05) is 41.1 Å². The van der Waals surface area contributed by atoms with Gasteiger partial charge in [0.25, 0.3) is 10.0 Å². The first-order valence-corrected chi connectivity index (χ1v) is 10.5. The standard InChI is InChI=1S/C19H23BrN2O3S/c1-4-19(2,3)21-18(23)14-22(16-12-10-15(20)11-13-16)26(24,25)17-8-6-5-7-9-17/h5-13H,4,14H2,1-3H3,(H,21,23). The van der Waals surface area contributed by atoms with Crippen LogP contribution in [0, 0.1) is 0 Å². The fourth-order valence-electron chi connectivity index (χ4n) is 2.28. The molecule has 0 bridgehead atoms. The van der Waals surface area contributed by atoms with E-state index >= 15 is 0 Å². The Balaban J connectivity index is 2.40. The molecule has 0 spiro atoms. The number of carbonyl (C=O) groups is 1. The third-order valence-electron chi connectivity index (χ3n) is 4.09. The molecule has 0 saturated carbocycles. The van der Waals surface area contributed by atoms with Crippen molar-refractivity contribution >= 4 is 37.5 Å². The zero-order valence-electron chi connectivity index (χ0n) is 15.1. The quantitative estimate of drug-likeness (QED) is 0.711. The molecule has 0 fully saturated rings. The summed E-state index contributed by atoms with van der Waals surface area (Å²) in [5.41, 5.74) is 0.0282. The maximum Gasteiger partial charge on any atom is 0.264 e. The number of nitrogens with zero attached hydrogens (tertiary/aromatic N) is 1. The lowest BCUT2D eigenvalue weighted by molar-refractivity contribution is -0.121. The average molecular weight is 439 g/mol. The first-order valence-electron chi connectivity index (χ1n) is 8.30. The number of anilines is 1. The number of hydrogen-bond donors (Lipinski definition) is 1. The molecular formula is C19H23BrN2O3S. The summed E-state index contributed by atoms with van der Waals surface area (Å²) in [6.45, 7) is 5.48. The van der Waals surface area contributed by atoms with Crippen molar-refractivity contribution in [1.29, 1.82) is 0 Å².